The normalized spacial score (nSPS) is 14.4. The summed E-state index contributed by atoms with van der Waals surface area (Å²) in [6, 6.07) is 55.8. The van der Waals surface area contributed by atoms with E-state index in [-0.39, 0.29) is 33.3 Å². The molecule has 2 N–H and O–H groups in total. The second-order valence-electron chi connectivity index (χ2n) is 21.6. The van der Waals surface area contributed by atoms with E-state index in [0.717, 1.165) is 38.7 Å². The largest absolute Gasteiger partial charge is 0.623 e. The number of rotatable bonds is 22. The van der Waals surface area contributed by atoms with E-state index in [4.69, 9.17) is 0 Å². The van der Waals surface area contributed by atoms with Crippen molar-refractivity contribution in [3.05, 3.63) is 226 Å². The maximum Gasteiger partial charge on any atom is 0.182 e. The summed E-state index contributed by atoms with van der Waals surface area (Å²) in [5.74, 6) is 2.73. The van der Waals surface area contributed by atoms with Crippen molar-refractivity contribution in [1.82, 2.24) is 10.1 Å². The van der Waals surface area contributed by atoms with E-state index in [2.05, 4.69) is 148 Å². The molecule has 6 nitrogen and oxygen atoms in total. The molecule has 0 bridgehead atoms. The monoisotopic (exact) mass is 1510 g/mol. The van der Waals surface area contributed by atoms with E-state index in [1.54, 1.807) is 48.4 Å². The fourth-order valence-electron chi connectivity index (χ4n) is 6.73. The molecule has 6 aromatic carbocycles. The minimum atomic E-state index is -0.376. The first-order valence-electron chi connectivity index (χ1n) is 26.7. The topological polar surface area (TPSA) is 73.0 Å². The molecule has 1 aliphatic heterocycles. The molecule has 1 heterocycles. The summed E-state index contributed by atoms with van der Waals surface area (Å²) in [4.78, 5) is 0. The number of hydrogen-bond acceptors (Lipinski definition) is 24. The van der Waals surface area contributed by atoms with E-state index < -0.39 is 0 Å². The van der Waals surface area contributed by atoms with Gasteiger partial charge < -0.3 is 15.6 Å². The van der Waals surface area contributed by atoms with Crippen LogP contribution in [0.2, 0.25) is 0 Å². The Kier molecular flexibility index (Phi) is 43.6. The third-order valence-electron chi connectivity index (χ3n) is 11.6. The van der Waals surface area contributed by atoms with Crippen molar-refractivity contribution in [1.29, 1.82) is 0 Å². The molecule has 1 aliphatic rings. The number of thiol groups is 2. The van der Waals surface area contributed by atoms with Gasteiger partial charge in [-0.3, -0.25) is 0 Å². The third-order valence-corrected chi connectivity index (χ3v) is 41.6. The summed E-state index contributed by atoms with van der Waals surface area (Å²) in [5.41, 5.74) is 9.73. The lowest BCUT2D eigenvalue weighted by Gasteiger charge is -2.36. The van der Waals surface area contributed by atoms with Crippen LogP contribution in [0.5, 0.6) is 0 Å². The molecule has 4 atom stereocenters. The molecule has 1 saturated heterocycles. The smallest absolute Gasteiger partial charge is 0.182 e. The van der Waals surface area contributed by atoms with Crippen LogP contribution in [0.25, 0.3) is 6.08 Å². The summed E-state index contributed by atoms with van der Waals surface area (Å²) >= 11 is 8.33. The van der Waals surface area contributed by atoms with E-state index in [9.17, 15) is 15.6 Å². The van der Waals surface area contributed by atoms with Crippen molar-refractivity contribution < 1.29 is 15.2 Å². The second kappa shape index (κ2) is 46.2. The SMILES string of the molecule is C=Cc1ccc(C)cc1.CC(C)(C)/[N+]([O-])=C/c1ccccc1.Cc1ccc(C(CSSS)SSS)cc1.Cc1ccc(C(CSSSC(c2ccccc2)N(O)C(C)(C)C)SSCC(c2ccccc2)N(O)C(C)(C)C)cc1.S1SSSSSSS1. The van der Waals surface area contributed by atoms with Gasteiger partial charge in [-0.1, -0.05) is 269 Å². The summed E-state index contributed by atoms with van der Waals surface area (Å²) < 4.78 is 0.975. The van der Waals surface area contributed by atoms with Crippen LogP contribution in [-0.2, 0) is 0 Å². The van der Waals surface area contributed by atoms with Gasteiger partial charge in [0.05, 0.1) is 11.3 Å². The van der Waals surface area contributed by atoms with Crippen LogP contribution in [0, 0.1) is 26.0 Å². The van der Waals surface area contributed by atoms with Gasteiger partial charge in [-0.2, -0.15) is 10.1 Å². The van der Waals surface area contributed by atoms with Crippen LogP contribution >= 0.6 is 196 Å². The average Bonchev–Trinajstić information content (AvgIpc) is 2.51. The van der Waals surface area contributed by atoms with E-state index in [1.165, 1.54) is 63.2 Å². The van der Waals surface area contributed by atoms with Crippen molar-refractivity contribution in [2.24, 2.45) is 0 Å². The molecule has 0 aromatic heterocycles. The molecule has 1 fully saturated rings. The van der Waals surface area contributed by atoms with Gasteiger partial charge in [-0.15, -0.1) is 0 Å². The zero-order valence-corrected chi connectivity index (χ0v) is 66.0. The Balaban J connectivity index is 0.000000344. The first kappa shape index (κ1) is 81.3. The Labute approximate surface area is 590 Å². The molecule has 86 heavy (non-hydrogen) atoms. The van der Waals surface area contributed by atoms with Crippen LogP contribution < -0.4 is 0 Å². The predicted octanol–water partition coefficient (Wildman–Crippen LogP) is 26.6. The molecule has 0 saturated carbocycles. The maximum atomic E-state index is 11.5. The van der Waals surface area contributed by atoms with Crippen molar-refractivity contribution in [2.45, 2.75) is 122 Å². The molecule has 0 amide bonds. The summed E-state index contributed by atoms with van der Waals surface area (Å²) in [5, 5.41) is 37.2. The summed E-state index contributed by atoms with van der Waals surface area (Å²) in [7, 11) is 30.2. The Morgan fingerprint density at radius 3 is 1.29 bits per heavy atom. The van der Waals surface area contributed by atoms with Gasteiger partial charge >= 0.3 is 0 Å². The van der Waals surface area contributed by atoms with Gasteiger partial charge in [-0.05, 0) is 132 Å². The van der Waals surface area contributed by atoms with Gasteiger partial charge in [-0.25, -0.2) is 4.74 Å². The molecular weight excluding hydrogens is 1430 g/mol. The third kappa shape index (κ3) is 35.0. The number of aryl methyl sites for hydroxylation is 3. The van der Waals surface area contributed by atoms with Crippen molar-refractivity contribution in [3.8, 4) is 0 Å². The van der Waals surface area contributed by atoms with E-state index in [0.29, 0.717) is 5.25 Å². The van der Waals surface area contributed by atoms with Gasteiger partial charge in [0.2, 0.25) is 0 Å². The number of hydroxylamine groups is 5. The second-order valence-corrected chi connectivity index (χ2v) is 49.1. The van der Waals surface area contributed by atoms with Crippen LogP contribution in [-0.4, -0.2) is 65.4 Å². The zero-order valence-electron chi connectivity index (χ0n) is 50.4. The average molecular weight is 1510 g/mol. The fourth-order valence-corrected chi connectivity index (χ4v) is 41.3. The lowest BCUT2D eigenvalue weighted by atomic mass is 10.0. The maximum absolute atomic E-state index is 11.5. The van der Waals surface area contributed by atoms with Crippen molar-refractivity contribution in [2.75, 3.05) is 17.3 Å². The highest BCUT2D eigenvalue weighted by Crippen LogP contribution is 2.66. The van der Waals surface area contributed by atoms with Crippen LogP contribution in [0.1, 0.15) is 134 Å². The van der Waals surface area contributed by atoms with Gasteiger partial charge in [0.15, 0.2) is 11.8 Å². The molecule has 472 valence electrons. The minimum absolute atomic E-state index is 0.107. The Bertz CT molecular complexity index is 2700. The Morgan fingerprint density at radius 2 is 0.884 bits per heavy atom. The summed E-state index contributed by atoms with van der Waals surface area (Å²) in [6.45, 7) is 27.8. The molecule has 0 aliphatic carbocycles. The standard InChI is InChI=1S/C32H44N2O2S5.C11H15NO.C9H12S6.C9H10.S8/c1-24-18-20-26(21-19-24)29(39-37-22-28(33(35)31(2,3)4)25-14-10-8-11-15-25)23-38-41-40-30(34(36)32(5,6)7)27-16-12-9-13-17-27;1-11(2,3)12(13)9-10-7-5-4-6-8-10;1-7-2-4-8(5-3-7)9(13-15-11)6-12-14-10;1-3-9-6-4-8(2)5-7-9;1-2-4-6-8-7-5-3-1/h8-21,28-30,35-36H,22-23H2,1-7H3;4-9H,1-3H3;2-5,9-11H,6H2,1H3;3-7H,1H2,2H3;/b;12-9-;;;. The summed E-state index contributed by atoms with van der Waals surface area (Å²) in [6.07, 6.45) is 3.46. The first-order valence-corrected chi connectivity index (χ1v) is 50.1. The van der Waals surface area contributed by atoms with E-state index >= 15 is 0 Å². The lowest BCUT2D eigenvalue weighted by Crippen LogP contribution is -2.42. The highest BCUT2D eigenvalue weighted by Gasteiger charge is 2.31. The van der Waals surface area contributed by atoms with Gasteiger partial charge in [0.1, 0.15) is 5.37 Å². The first-order chi connectivity index (χ1) is 41.0. The number of nitrogens with zero attached hydrogens (tertiary/aromatic N) is 3. The number of hydrogen-bond donors (Lipinski definition) is 4. The van der Waals surface area contributed by atoms with Crippen LogP contribution in [0.4, 0.5) is 0 Å². The zero-order chi connectivity index (χ0) is 63.4. The van der Waals surface area contributed by atoms with E-state index in [1.807, 2.05) is 246 Å². The molecule has 25 heteroatoms. The predicted molar refractivity (Wildman–Crippen MR) is 431 cm³/mol. The lowest BCUT2D eigenvalue weighted by molar-refractivity contribution is -0.530. The fraction of sp³-hybridized carbons (Fsp3) is 0.361. The molecule has 7 rings (SSSR count). The molecule has 6 aromatic rings. The molecule has 0 radical (unpaired) electrons. The highest BCUT2D eigenvalue weighted by atomic mass is 34.1. The van der Waals surface area contributed by atoms with Crippen LogP contribution in [0.15, 0.2) is 170 Å². The van der Waals surface area contributed by atoms with Crippen molar-refractivity contribution >= 4 is 208 Å². The Hall–Kier alpha value is 1.02. The number of benzene rings is 6. The Morgan fingerprint density at radius 1 is 0.477 bits per heavy atom. The van der Waals surface area contributed by atoms with Gasteiger partial charge in [0, 0.05) is 139 Å². The van der Waals surface area contributed by atoms with Gasteiger partial charge in [0.25, 0.3) is 0 Å². The van der Waals surface area contributed by atoms with Crippen molar-refractivity contribution in [3.63, 3.8) is 0 Å². The minimum Gasteiger partial charge on any atom is -0.623 e. The molecular formula is C61H81N3O3S19. The highest BCUT2D eigenvalue weighted by molar-refractivity contribution is 9.60. The van der Waals surface area contributed by atoms with Crippen LogP contribution in [0.3, 0.4) is 0 Å². The molecule has 0 spiro atoms. The quantitative estimate of drug-likeness (QED) is 0.00761. The molecule has 4 unspecified atom stereocenters.